The number of benzene rings is 1. The molecule has 0 atom stereocenters. The zero-order chi connectivity index (χ0) is 19.8. The molecule has 0 aliphatic carbocycles. The first-order valence-corrected chi connectivity index (χ1v) is 8.30. The molecule has 1 amide bonds. The van der Waals surface area contributed by atoms with Gasteiger partial charge in [-0.25, -0.2) is 4.68 Å². The summed E-state index contributed by atoms with van der Waals surface area (Å²) in [6.07, 6.45) is -3.08. The lowest BCUT2D eigenvalue weighted by Crippen LogP contribution is -2.24. The first kappa shape index (κ1) is 18.8. The molecule has 1 aromatic carbocycles. The second-order valence-corrected chi connectivity index (χ2v) is 6.31. The maximum atomic E-state index is 12.9. The Labute approximate surface area is 154 Å². The highest BCUT2D eigenvalue weighted by atomic mass is 19.4. The topological polar surface area (TPSA) is 51.9 Å². The van der Waals surface area contributed by atoms with Crippen molar-refractivity contribution in [2.45, 2.75) is 26.6 Å². The van der Waals surface area contributed by atoms with Gasteiger partial charge in [0.05, 0.1) is 35.2 Å². The molecule has 0 aliphatic heterocycles. The van der Waals surface area contributed by atoms with Crippen LogP contribution >= 0.6 is 0 Å². The summed E-state index contributed by atoms with van der Waals surface area (Å²) >= 11 is 0. The van der Waals surface area contributed by atoms with Crippen LogP contribution in [0.2, 0.25) is 0 Å². The molecule has 0 aliphatic rings. The van der Waals surface area contributed by atoms with Gasteiger partial charge in [-0.3, -0.25) is 4.79 Å². The van der Waals surface area contributed by atoms with Crippen LogP contribution in [0, 0.1) is 13.8 Å². The van der Waals surface area contributed by atoms with Crippen molar-refractivity contribution in [3.63, 3.8) is 0 Å². The van der Waals surface area contributed by atoms with Crippen LogP contribution in [0.15, 0.2) is 42.6 Å². The third-order valence-electron chi connectivity index (χ3n) is 4.58. The van der Waals surface area contributed by atoms with E-state index in [4.69, 9.17) is 0 Å². The van der Waals surface area contributed by atoms with E-state index in [2.05, 4.69) is 10.4 Å². The Hall–Kier alpha value is -3.03. The Balaban J connectivity index is 1.81. The molecule has 5 nitrogen and oxygen atoms in total. The number of halogens is 3. The van der Waals surface area contributed by atoms with Crippen molar-refractivity contribution >= 4 is 5.91 Å². The second-order valence-electron chi connectivity index (χ2n) is 6.31. The van der Waals surface area contributed by atoms with E-state index in [1.54, 1.807) is 6.92 Å². The number of nitrogens with one attached hydrogen (secondary N) is 1. The molecule has 0 fully saturated rings. The summed E-state index contributed by atoms with van der Waals surface area (Å²) in [5, 5.41) is 6.91. The fraction of sp³-hybridized carbons (Fsp3) is 0.263. The zero-order valence-electron chi connectivity index (χ0n) is 15.1. The average molecular weight is 376 g/mol. The van der Waals surface area contributed by atoms with Gasteiger partial charge in [0.1, 0.15) is 0 Å². The molecule has 8 heteroatoms. The van der Waals surface area contributed by atoms with Crippen LogP contribution in [-0.2, 0) is 19.8 Å². The van der Waals surface area contributed by atoms with Gasteiger partial charge in [0.25, 0.3) is 5.91 Å². The van der Waals surface area contributed by atoms with E-state index in [0.29, 0.717) is 17.8 Å². The van der Waals surface area contributed by atoms with Crippen molar-refractivity contribution in [3.8, 4) is 5.69 Å². The molecule has 2 aromatic heterocycles. The van der Waals surface area contributed by atoms with Gasteiger partial charge in [-0.1, -0.05) is 6.07 Å². The number of amides is 1. The first-order valence-electron chi connectivity index (χ1n) is 8.30. The van der Waals surface area contributed by atoms with Crippen molar-refractivity contribution in [2.75, 3.05) is 0 Å². The molecule has 0 saturated heterocycles. The molecule has 0 radical (unpaired) electrons. The van der Waals surface area contributed by atoms with E-state index < -0.39 is 11.7 Å². The number of nitrogens with zero attached hydrogens (tertiary/aromatic N) is 3. The van der Waals surface area contributed by atoms with Gasteiger partial charge in [0, 0.05) is 18.4 Å². The molecule has 27 heavy (non-hydrogen) atoms. The van der Waals surface area contributed by atoms with Crippen molar-refractivity contribution in [3.05, 3.63) is 70.8 Å². The van der Waals surface area contributed by atoms with Crippen LogP contribution < -0.4 is 5.32 Å². The van der Waals surface area contributed by atoms with E-state index >= 15 is 0 Å². The Morgan fingerprint density at radius 1 is 1.19 bits per heavy atom. The molecule has 0 saturated carbocycles. The first-order chi connectivity index (χ1) is 12.7. The van der Waals surface area contributed by atoms with Crippen molar-refractivity contribution in [1.29, 1.82) is 0 Å². The predicted octanol–water partition coefficient (Wildman–Crippen LogP) is 3.78. The van der Waals surface area contributed by atoms with Gasteiger partial charge < -0.3 is 9.88 Å². The number of hydrogen-bond donors (Lipinski definition) is 1. The molecule has 1 N–H and O–H groups in total. The molecule has 3 rings (SSSR count). The Kier molecular flexibility index (Phi) is 4.82. The van der Waals surface area contributed by atoms with E-state index in [1.807, 2.05) is 30.7 Å². The third-order valence-corrected chi connectivity index (χ3v) is 4.58. The number of carbonyl (C=O) groups is 1. The maximum absolute atomic E-state index is 12.9. The number of alkyl halides is 3. The summed E-state index contributed by atoms with van der Waals surface area (Å²) in [5.74, 6) is -0.329. The van der Waals surface area contributed by atoms with Gasteiger partial charge in [-0.2, -0.15) is 18.3 Å². The molecular weight excluding hydrogens is 357 g/mol. The van der Waals surface area contributed by atoms with Gasteiger partial charge in [0.15, 0.2) is 0 Å². The molecule has 3 aromatic rings. The summed E-state index contributed by atoms with van der Waals surface area (Å²) in [5.41, 5.74) is 2.30. The summed E-state index contributed by atoms with van der Waals surface area (Å²) in [6.45, 7) is 3.96. The highest BCUT2D eigenvalue weighted by molar-refractivity contribution is 5.95. The largest absolute Gasteiger partial charge is 0.416 e. The standard InChI is InChI=1S/C19H19F3N4O/c1-12-7-8-16(25(12)3)10-23-18(27)17-11-24-26(13(17)2)15-6-4-5-14(9-15)19(20,21)22/h4-9,11H,10H2,1-3H3,(H,23,27). The van der Waals surface area contributed by atoms with Crippen molar-refractivity contribution in [1.82, 2.24) is 19.7 Å². The van der Waals surface area contributed by atoms with Crippen LogP contribution in [0.1, 0.15) is 33.0 Å². The molecular formula is C19H19F3N4O. The number of aromatic nitrogens is 3. The van der Waals surface area contributed by atoms with Crippen LogP contribution in [0.25, 0.3) is 5.69 Å². The molecule has 0 unspecified atom stereocenters. The van der Waals surface area contributed by atoms with E-state index in [1.165, 1.54) is 23.0 Å². The Morgan fingerprint density at radius 2 is 1.93 bits per heavy atom. The fourth-order valence-electron chi connectivity index (χ4n) is 2.82. The van der Waals surface area contributed by atoms with Crippen LogP contribution in [0.5, 0.6) is 0 Å². The smallest absolute Gasteiger partial charge is 0.350 e. The Bertz CT molecular complexity index is 985. The fourth-order valence-corrected chi connectivity index (χ4v) is 2.82. The number of rotatable bonds is 4. The van der Waals surface area contributed by atoms with E-state index in [0.717, 1.165) is 23.5 Å². The quantitative estimate of drug-likeness (QED) is 0.754. The number of aryl methyl sites for hydroxylation is 1. The minimum absolute atomic E-state index is 0.249. The van der Waals surface area contributed by atoms with Crippen molar-refractivity contribution < 1.29 is 18.0 Å². The second kappa shape index (κ2) is 6.94. The predicted molar refractivity (Wildman–Crippen MR) is 94.6 cm³/mol. The molecule has 0 spiro atoms. The average Bonchev–Trinajstić information content (AvgIpc) is 3.16. The SMILES string of the molecule is Cc1c(C(=O)NCc2ccc(C)n2C)cnn1-c1cccc(C(F)(F)F)c1. The summed E-state index contributed by atoms with van der Waals surface area (Å²) in [7, 11) is 1.91. The van der Waals surface area contributed by atoms with E-state index in [9.17, 15) is 18.0 Å². The lowest BCUT2D eigenvalue weighted by atomic mass is 10.2. The van der Waals surface area contributed by atoms with Crippen LogP contribution in [0.4, 0.5) is 13.2 Å². The summed E-state index contributed by atoms with van der Waals surface area (Å²) in [4.78, 5) is 12.5. The summed E-state index contributed by atoms with van der Waals surface area (Å²) < 4.78 is 42.1. The van der Waals surface area contributed by atoms with Gasteiger partial charge in [0.2, 0.25) is 0 Å². The zero-order valence-corrected chi connectivity index (χ0v) is 15.1. The third kappa shape index (κ3) is 3.74. The highest BCUT2D eigenvalue weighted by Crippen LogP contribution is 2.30. The maximum Gasteiger partial charge on any atom is 0.416 e. The minimum atomic E-state index is -4.44. The Morgan fingerprint density at radius 3 is 2.56 bits per heavy atom. The lowest BCUT2D eigenvalue weighted by molar-refractivity contribution is -0.137. The van der Waals surface area contributed by atoms with E-state index in [-0.39, 0.29) is 11.6 Å². The summed E-state index contributed by atoms with van der Waals surface area (Å²) in [6, 6.07) is 8.72. The van der Waals surface area contributed by atoms with Crippen molar-refractivity contribution in [2.24, 2.45) is 7.05 Å². The monoisotopic (exact) mass is 376 g/mol. The van der Waals surface area contributed by atoms with Crippen LogP contribution in [-0.4, -0.2) is 20.3 Å². The highest BCUT2D eigenvalue weighted by Gasteiger charge is 2.30. The van der Waals surface area contributed by atoms with Crippen LogP contribution in [0.3, 0.4) is 0 Å². The number of carbonyl (C=O) groups excluding carboxylic acids is 1. The molecule has 2 heterocycles. The molecule has 0 bridgehead atoms. The lowest BCUT2D eigenvalue weighted by Gasteiger charge is -2.10. The molecule has 142 valence electrons. The van der Waals surface area contributed by atoms with Gasteiger partial charge >= 0.3 is 6.18 Å². The van der Waals surface area contributed by atoms with Gasteiger partial charge in [-0.05, 0) is 44.2 Å². The number of hydrogen-bond acceptors (Lipinski definition) is 2. The normalized spacial score (nSPS) is 11.6. The minimum Gasteiger partial charge on any atom is -0.350 e. The van der Waals surface area contributed by atoms with Gasteiger partial charge in [-0.15, -0.1) is 0 Å².